The Kier molecular flexibility index (Phi) is 4.85. The van der Waals surface area contributed by atoms with E-state index in [4.69, 9.17) is 5.73 Å². The summed E-state index contributed by atoms with van der Waals surface area (Å²) in [5, 5.41) is 5.67. The molecule has 8 nitrogen and oxygen atoms in total. The summed E-state index contributed by atoms with van der Waals surface area (Å²) in [5.41, 5.74) is 8.39. The molecule has 1 atom stereocenters. The molecule has 2 aliphatic heterocycles. The molecule has 8 heteroatoms. The zero-order valence-corrected chi connectivity index (χ0v) is 15.9. The maximum Gasteiger partial charge on any atom is 0.232 e. The summed E-state index contributed by atoms with van der Waals surface area (Å²) in [6.45, 7) is 3.65. The van der Waals surface area contributed by atoms with Gasteiger partial charge in [-0.2, -0.15) is 9.97 Å². The molecule has 28 heavy (non-hydrogen) atoms. The number of anilines is 4. The Bertz CT molecular complexity index is 923. The quantitative estimate of drug-likeness (QED) is 0.754. The van der Waals surface area contributed by atoms with Crippen molar-refractivity contribution in [3.63, 3.8) is 0 Å². The number of nitrogen functional groups attached to an aromatic ring is 1. The van der Waals surface area contributed by atoms with Crippen LogP contribution in [-0.2, 0) is 9.59 Å². The molecule has 2 aliphatic rings. The molecule has 0 radical (unpaired) electrons. The molecule has 1 aromatic carbocycles. The SMILES string of the molecule is Cc1ccccc1NC(=O)C1CC(=O)Nc2nc(N3CCCCC3)nc(N)c21. The van der Waals surface area contributed by atoms with Gasteiger partial charge in [-0.25, -0.2) is 0 Å². The predicted octanol–water partition coefficient (Wildman–Crippen LogP) is 2.42. The fourth-order valence-electron chi connectivity index (χ4n) is 3.78. The summed E-state index contributed by atoms with van der Waals surface area (Å²) in [4.78, 5) is 36.3. The van der Waals surface area contributed by atoms with E-state index in [9.17, 15) is 9.59 Å². The van der Waals surface area contributed by atoms with Crippen molar-refractivity contribution >= 4 is 35.1 Å². The van der Waals surface area contributed by atoms with Crippen molar-refractivity contribution in [3.8, 4) is 0 Å². The molecule has 1 unspecified atom stereocenters. The zero-order valence-electron chi connectivity index (χ0n) is 15.9. The molecule has 146 valence electrons. The summed E-state index contributed by atoms with van der Waals surface area (Å²) in [5.74, 6) is -0.161. The number of benzene rings is 1. The number of hydrogen-bond donors (Lipinski definition) is 3. The highest BCUT2D eigenvalue weighted by Crippen LogP contribution is 2.37. The topological polar surface area (TPSA) is 113 Å². The fourth-order valence-corrected chi connectivity index (χ4v) is 3.78. The molecule has 1 aromatic heterocycles. The van der Waals surface area contributed by atoms with E-state index < -0.39 is 5.92 Å². The number of carbonyl (C=O) groups excluding carboxylic acids is 2. The van der Waals surface area contributed by atoms with Crippen molar-refractivity contribution in [3.05, 3.63) is 35.4 Å². The molecule has 0 spiro atoms. The number of hydrogen-bond acceptors (Lipinski definition) is 6. The van der Waals surface area contributed by atoms with Gasteiger partial charge in [0.15, 0.2) is 0 Å². The molecule has 4 N–H and O–H groups in total. The van der Waals surface area contributed by atoms with Gasteiger partial charge in [-0.05, 0) is 37.8 Å². The molecular formula is C20H24N6O2. The van der Waals surface area contributed by atoms with E-state index in [1.54, 1.807) is 0 Å². The van der Waals surface area contributed by atoms with E-state index in [-0.39, 0.29) is 24.1 Å². The van der Waals surface area contributed by atoms with Gasteiger partial charge >= 0.3 is 0 Å². The highest BCUT2D eigenvalue weighted by molar-refractivity contribution is 6.05. The number of nitrogens with one attached hydrogen (secondary N) is 2. The minimum Gasteiger partial charge on any atom is -0.383 e. The molecule has 0 saturated carbocycles. The second kappa shape index (κ2) is 7.46. The Labute approximate surface area is 163 Å². The summed E-state index contributed by atoms with van der Waals surface area (Å²) >= 11 is 0. The summed E-state index contributed by atoms with van der Waals surface area (Å²) in [6.07, 6.45) is 3.36. The largest absolute Gasteiger partial charge is 0.383 e. The number of rotatable bonds is 3. The Morgan fingerprint density at radius 2 is 1.96 bits per heavy atom. The van der Waals surface area contributed by atoms with Gasteiger partial charge in [0.25, 0.3) is 0 Å². The van der Waals surface area contributed by atoms with Gasteiger partial charge < -0.3 is 21.3 Å². The highest BCUT2D eigenvalue weighted by atomic mass is 16.2. The molecule has 0 bridgehead atoms. The van der Waals surface area contributed by atoms with Gasteiger partial charge in [0, 0.05) is 25.2 Å². The van der Waals surface area contributed by atoms with Crippen LogP contribution in [-0.4, -0.2) is 34.9 Å². The third-order valence-electron chi connectivity index (χ3n) is 5.32. The van der Waals surface area contributed by atoms with Crippen molar-refractivity contribution in [2.45, 2.75) is 38.5 Å². The van der Waals surface area contributed by atoms with E-state index in [2.05, 4.69) is 25.5 Å². The van der Waals surface area contributed by atoms with Crippen LogP contribution < -0.4 is 21.3 Å². The first-order valence-electron chi connectivity index (χ1n) is 9.61. The molecule has 4 rings (SSSR count). The summed E-state index contributed by atoms with van der Waals surface area (Å²) in [6, 6.07) is 7.50. The Hall–Kier alpha value is -3.16. The van der Waals surface area contributed by atoms with Gasteiger partial charge in [-0.1, -0.05) is 18.2 Å². The Morgan fingerprint density at radius 3 is 2.71 bits per heavy atom. The van der Waals surface area contributed by atoms with Crippen LogP contribution >= 0.6 is 0 Å². The van der Waals surface area contributed by atoms with Crippen LogP contribution in [0.5, 0.6) is 0 Å². The van der Waals surface area contributed by atoms with Crippen molar-refractivity contribution in [2.24, 2.45) is 0 Å². The van der Waals surface area contributed by atoms with Crippen molar-refractivity contribution in [2.75, 3.05) is 34.4 Å². The van der Waals surface area contributed by atoms with Crippen LogP contribution in [0.4, 0.5) is 23.3 Å². The Morgan fingerprint density at radius 1 is 1.21 bits per heavy atom. The van der Waals surface area contributed by atoms with Gasteiger partial charge in [0.05, 0.1) is 11.5 Å². The van der Waals surface area contributed by atoms with E-state index in [1.165, 1.54) is 6.42 Å². The van der Waals surface area contributed by atoms with E-state index in [0.29, 0.717) is 23.0 Å². The van der Waals surface area contributed by atoms with Gasteiger partial charge in [0.1, 0.15) is 11.6 Å². The van der Waals surface area contributed by atoms with Crippen LogP contribution in [0, 0.1) is 6.92 Å². The number of carbonyl (C=O) groups is 2. The fraction of sp³-hybridized carbons (Fsp3) is 0.400. The number of fused-ring (bicyclic) bond motifs is 1. The average Bonchev–Trinajstić information content (AvgIpc) is 2.69. The van der Waals surface area contributed by atoms with Crippen molar-refractivity contribution in [1.82, 2.24) is 9.97 Å². The zero-order chi connectivity index (χ0) is 19.7. The highest BCUT2D eigenvalue weighted by Gasteiger charge is 2.35. The van der Waals surface area contributed by atoms with Crippen LogP contribution in [0.25, 0.3) is 0 Å². The van der Waals surface area contributed by atoms with E-state index in [0.717, 1.165) is 31.5 Å². The molecule has 2 aromatic rings. The molecular weight excluding hydrogens is 356 g/mol. The van der Waals surface area contributed by atoms with Gasteiger partial charge in [-0.3, -0.25) is 9.59 Å². The standard InChI is InChI=1S/C20H24N6O2/c1-12-7-3-4-8-14(12)22-19(28)13-11-15(27)23-18-16(13)17(21)24-20(25-18)26-9-5-2-6-10-26/h3-4,7-8,13H,2,5-6,9-11H2,1H3,(H,22,28)(H3,21,23,24,25,27). The van der Waals surface area contributed by atoms with Crippen LogP contribution in [0.1, 0.15) is 42.7 Å². The summed E-state index contributed by atoms with van der Waals surface area (Å²) in [7, 11) is 0. The van der Waals surface area contributed by atoms with E-state index >= 15 is 0 Å². The van der Waals surface area contributed by atoms with Gasteiger partial charge in [-0.15, -0.1) is 0 Å². The number of amides is 2. The van der Waals surface area contributed by atoms with Crippen LogP contribution in [0.3, 0.4) is 0 Å². The predicted molar refractivity (Wildman–Crippen MR) is 108 cm³/mol. The molecule has 0 aliphatic carbocycles. The average molecular weight is 380 g/mol. The molecule has 2 amide bonds. The second-order valence-electron chi connectivity index (χ2n) is 7.33. The summed E-state index contributed by atoms with van der Waals surface area (Å²) < 4.78 is 0. The third-order valence-corrected chi connectivity index (χ3v) is 5.32. The smallest absolute Gasteiger partial charge is 0.232 e. The monoisotopic (exact) mass is 380 g/mol. The minimum atomic E-state index is -0.723. The minimum absolute atomic E-state index is 0.0152. The molecule has 3 heterocycles. The van der Waals surface area contributed by atoms with E-state index in [1.807, 2.05) is 31.2 Å². The normalized spacial score (nSPS) is 19.0. The molecule has 1 fully saturated rings. The van der Waals surface area contributed by atoms with Crippen LogP contribution in [0.2, 0.25) is 0 Å². The number of nitrogens with two attached hydrogens (primary N) is 1. The third kappa shape index (κ3) is 3.49. The maximum absolute atomic E-state index is 13.0. The first-order valence-corrected chi connectivity index (χ1v) is 9.61. The number of nitrogens with zero attached hydrogens (tertiary/aromatic N) is 3. The molecule has 1 saturated heterocycles. The first-order chi connectivity index (χ1) is 13.5. The second-order valence-corrected chi connectivity index (χ2v) is 7.33. The number of aryl methyl sites for hydroxylation is 1. The lowest BCUT2D eigenvalue weighted by Crippen LogP contribution is -2.35. The number of aromatic nitrogens is 2. The maximum atomic E-state index is 13.0. The number of piperidine rings is 1. The Balaban J connectivity index is 1.65. The van der Waals surface area contributed by atoms with Gasteiger partial charge in [0.2, 0.25) is 17.8 Å². The first kappa shape index (κ1) is 18.2. The lowest BCUT2D eigenvalue weighted by atomic mass is 9.91. The van der Waals surface area contributed by atoms with Crippen molar-refractivity contribution in [1.29, 1.82) is 0 Å². The lowest BCUT2D eigenvalue weighted by molar-refractivity contribution is -0.123. The lowest BCUT2D eigenvalue weighted by Gasteiger charge is -2.30. The number of para-hydroxylation sites is 1. The van der Waals surface area contributed by atoms with Crippen molar-refractivity contribution < 1.29 is 9.59 Å². The van der Waals surface area contributed by atoms with Crippen LogP contribution in [0.15, 0.2) is 24.3 Å².